The number of rotatable bonds is 42. The summed E-state index contributed by atoms with van der Waals surface area (Å²) in [6.45, 7) is 23.3. The van der Waals surface area contributed by atoms with E-state index < -0.39 is 52.8 Å². The zero-order valence-corrected chi connectivity index (χ0v) is 57.1. The lowest BCUT2D eigenvalue weighted by Gasteiger charge is -2.46. The van der Waals surface area contributed by atoms with Crippen LogP contribution in [0, 0.1) is 0 Å². The van der Waals surface area contributed by atoms with Gasteiger partial charge in [-0.15, -0.1) is 0 Å². The van der Waals surface area contributed by atoms with E-state index in [1.165, 1.54) is 0 Å². The minimum atomic E-state index is -4.11. The second-order valence-electron chi connectivity index (χ2n) is 21.6. The van der Waals surface area contributed by atoms with Gasteiger partial charge in [-0.1, -0.05) is 0 Å². The zero-order valence-electron chi connectivity index (χ0n) is 51.1. The fourth-order valence-corrected chi connectivity index (χ4v) is 36.6. The summed E-state index contributed by atoms with van der Waals surface area (Å²) in [6.07, 6.45) is 4.34. The Bertz CT molecular complexity index is 1530. The van der Waals surface area contributed by atoms with Crippen molar-refractivity contribution in [3.8, 4) is 0 Å². The molecule has 0 radical (unpaired) electrons. The standard InChI is InChI=1S/C50H108N6O19Si6/c1-57-76(58-2,45-9-15-51-21-33-65-34-22-51)71-78(61-5,47-11-17-53-25-37-67-38-26-53)73-80(63-7,49-13-19-55-29-41-69-42-30-55)75-81(64-8,50-14-20-56-31-43-70-44-32-56)74-79(62-6,48-12-18-54-27-39-68-40-28-54)72-77(59-3,60-4)46-10-16-52-23-35-66-36-24-52/h9-50H2,1-8H3. The van der Waals surface area contributed by atoms with Gasteiger partial charge >= 0.3 is 52.8 Å². The van der Waals surface area contributed by atoms with Crippen molar-refractivity contribution in [2.45, 2.75) is 74.8 Å². The summed E-state index contributed by atoms with van der Waals surface area (Å²) >= 11 is 0. The molecule has 6 aliphatic rings. The van der Waals surface area contributed by atoms with Gasteiger partial charge in [0.05, 0.1) is 79.3 Å². The zero-order chi connectivity index (χ0) is 57.6. The van der Waals surface area contributed by atoms with Crippen LogP contribution in [-0.4, -0.2) is 336 Å². The van der Waals surface area contributed by atoms with Crippen molar-refractivity contribution in [3.05, 3.63) is 0 Å². The number of hydrogen-bond acceptors (Lipinski definition) is 25. The molecule has 0 aromatic rings. The van der Waals surface area contributed by atoms with E-state index in [-0.39, 0.29) is 0 Å². The van der Waals surface area contributed by atoms with Crippen molar-refractivity contribution >= 4 is 52.8 Å². The van der Waals surface area contributed by atoms with Crippen LogP contribution in [0.25, 0.3) is 0 Å². The van der Waals surface area contributed by atoms with Gasteiger partial charge in [-0.3, -0.25) is 29.4 Å². The Morgan fingerprint density at radius 2 is 0.358 bits per heavy atom. The molecule has 0 spiro atoms. The van der Waals surface area contributed by atoms with Crippen LogP contribution in [0.2, 0.25) is 36.3 Å². The van der Waals surface area contributed by atoms with Gasteiger partial charge in [0.15, 0.2) is 0 Å². The second kappa shape index (κ2) is 38.0. The number of ether oxygens (including phenoxy) is 6. The Kier molecular flexibility index (Phi) is 33.0. The van der Waals surface area contributed by atoms with Crippen LogP contribution in [-0.2, 0) is 84.4 Å². The summed E-state index contributed by atoms with van der Waals surface area (Å²) < 4.78 is 126. The molecule has 6 aliphatic heterocycles. The second-order valence-corrected chi connectivity index (χ2v) is 40.1. The first-order valence-electron chi connectivity index (χ1n) is 30.2. The fourth-order valence-electron chi connectivity index (χ4n) is 11.3. The van der Waals surface area contributed by atoms with E-state index in [0.717, 1.165) is 131 Å². The summed E-state index contributed by atoms with van der Waals surface area (Å²) in [7, 11) is -9.68. The maximum absolute atomic E-state index is 7.92. The molecule has 0 amide bonds. The highest BCUT2D eigenvalue weighted by Crippen LogP contribution is 2.38. The van der Waals surface area contributed by atoms with E-state index in [1.54, 1.807) is 56.9 Å². The smallest absolute Gasteiger partial charge is 0.379 e. The van der Waals surface area contributed by atoms with E-state index in [2.05, 4.69) is 29.4 Å². The first-order valence-corrected chi connectivity index (χ1v) is 41.8. The first kappa shape index (κ1) is 70.4. The maximum Gasteiger partial charge on any atom is 0.493 e. The molecule has 0 aliphatic carbocycles. The van der Waals surface area contributed by atoms with Crippen molar-refractivity contribution in [2.75, 3.05) is 254 Å². The molecule has 0 bridgehead atoms. The topological polar surface area (TPSA) is 195 Å². The minimum Gasteiger partial charge on any atom is -0.379 e. The fraction of sp³-hybridized carbons (Fsp3) is 1.00. The van der Waals surface area contributed by atoms with E-state index >= 15 is 0 Å². The molecule has 4 unspecified atom stereocenters. The number of morpholine rings is 6. The summed E-state index contributed by atoms with van der Waals surface area (Å²) in [4.78, 5) is 14.5. The van der Waals surface area contributed by atoms with Crippen molar-refractivity contribution in [1.82, 2.24) is 29.4 Å². The quantitative estimate of drug-likeness (QED) is 0.0807. The van der Waals surface area contributed by atoms with E-state index in [9.17, 15) is 0 Å². The Hall–Kier alpha value is 0.301. The SMILES string of the molecule is CO[Si](CCCN1CCOCC1)(OC)O[Si](CCCN1CCOCC1)(OC)O[Si](CCCN1CCOCC1)(OC)O[Si](CCCN1CCOCC1)(OC)O[Si](CCCN1CCOCC1)(OC)O[Si](CCCN1CCOCC1)(OC)OC. The van der Waals surface area contributed by atoms with Crippen molar-refractivity contribution < 1.29 is 84.4 Å². The third-order valence-electron chi connectivity index (χ3n) is 16.4. The van der Waals surface area contributed by atoms with Crippen LogP contribution < -0.4 is 0 Å². The van der Waals surface area contributed by atoms with Crippen LogP contribution in [0.1, 0.15) is 38.5 Å². The Morgan fingerprint density at radius 1 is 0.222 bits per heavy atom. The third-order valence-corrected chi connectivity index (χ3v) is 39.6. The number of nitrogens with zero attached hydrogens (tertiary/aromatic N) is 6. The lowest BCUT2D eigenvalue weighted by molar-refractivity contribution is 0.0325. The average molecular weight is 1270 g/mol. The van der Waals surface area contributed by atoms with Gasteiger partial charge < -0.3 is 84.4 Å². The molecule has 31 heteroatoms. The molecule has 0 aromatic heterocycles. The Balaban J connectivity index is 1.41. The van der Waals surface area contributed by atoms with E-state index in [0.29, 0.717) is 141 Å². The van der Waals surface area contributed by atoms with Crippen LogP contribution >= 0.6 is 0 Å². The van der Waals surface area contributed by atoms with Crippen LogP contribution in [0.3, 0.4) is 0 Å². The van der Waals surface area contributed by atoms with Gasteiger partial charge in [0, 0.05) is 172 Å². The van der Waals surface area contributed by atoms with E-state index in [4.69, 9.17) is 84.4 Å². The highest BCUT2D eigenvalue weighted by molar-refractivity contribution is 6.87. The van der Waals surface area contributed by atoms with Gasteiger partial charge in [0.2, 0.25) is 0 Å². The van der Waals surface area contributed by atoms with Crippen molar-refractivity contribution in [3.63, 3.8) is 0 Å². The van der Waals surface area contributed by atoms with Crippen LogP contribution in [0.15, 0.2) is 0 Å². The average Bonchev–Trinajstić information content (AvgIpc) is 3.70. The predicted octanol–water partition coefficient (Wildman–Crippen LogP) is 2.21. The Morgan fingerprint density at radius 3 is 0.506 bits per heavy atom. The lowest BCUT2D eigenvalue weighted by atomic mass is 10.3. The Labute approximate surface area is 493 Å². The summed E-state index contributed by atoms with van der Waals surface area (Å²) in [6, 6.07) is 2.78. The van der Waals surface area contributed by atoms with Crippen molar-refractivity contribution in [1.29, 1.82) is 0 Å². The van der Waals surface area contributed by atoms with Crippen molar-refractivity contribution in [2.24, 2.45) is 0 Å². The largest absolute Gasteiger partial charge is 0.493 e. The highest BCUT2D eigenvalue weighted by Gasteiger charge is 2.64. The summed E-state index contributed by atoms with van der Waals surface area (Å²) in [5, 5.41) is 0. The molecule has 4 atom stereocenters. The van der Waals surface area contributed by atoms with Gasteiger partial charge in [0.25, 0.3) is 0 Å². The van der Waals surface area contributed by atoms with Crippen LogP contribution in [0.4, 0.5) is 0 Å². The van der Waals surface area contributed by atoms with Gasteiger partial charge in [-0.05, 0) is 77.8 Å². The molecule has 6 heterocycles. The molecule has 6 saturated heterocycles. The minimum absolute atomic E-state index is 0.401. The molecule has 0 N–H and O–H groups in total. The summed E-state index contributed by atoms with van der Waals surface area (Å²) in [5.41, 5.74) is 0. The predicted molar refractivity (Wildman–Crippen MR) is 316 cm³/mol. The normalized spacial score (nSPS) is 23.7. The molecular formula is C50H108N6O19Si6. The molecule has 0 saturated carbocycles. The summed E-state index contributed by atoms with van der Waals surface area (Å²) in [5.74, 6) is 0. The molecule has 6 rings (SSSR count). The molecule has 476 valence electrons. The monoisotopic (exact) mass is 1260 g/mol. The molecule has 81 heavy (non-hydrogen) atoms. The lowest BCUT2D eigenvalue weighted by Crippen LogP contribution is -2.69. The van der Waals surface area contributed by atoms with Gasteiger partial charge in [-0.25, -0.2) is 0 Å². The highest BCUT2D eigenvalue weighted by atomic mass is 28.5. The first-order chi connectivity index (χ1) is 39.5. The van der Waals surface area contributed by atoms with Gasteiger partial charge in [0.1, 0.15) is 0 Å². The molecule has 6 fully saturated rings. The van der Waals surface area contributed by atoms with E-state index in [1.807, 2.05) is 0 Å². The molecular weight excluding hydrogens is 1160 g/mol. The molecule has 25 nitrogen and oxygen atoms in total. The molecule has 0 aromatic carbocycles. The third kappa shape index (κ3) is 23.6. The van der Waals surface area contributed by atoms with Gasteiger partial charge in [-0.2, -0.15) is 0 Å². The maximum atomic E-state index is 7.92. The number of hydrogen-bond donors (Lipinski definition) is 0. The van der Waals surface area contributed by atoms with Crippen LogP contribution in [0.5, 0.6) is 0 Å².